The summed E-state index contributed by atoms with van der Waals surface area (Å²) < 4.78 is 5.55. The van der Waals surface area contributed by atoms with E-state index in [2.05, 4.69) is 16.0 Å². The van der Waals surface area contributed by atoms with Crippen LogP contribution in [0.25, 0.3) is 0 Å². The van der Waals surface area contributed by atoms with E-state index in [9.17, 15) is 5.26 Å². The van der Waals surface area contributed by atoms with Crippen molar-refractivity contribution in [3.05, 3.63) is 16.7 Å². The lowest BCUT2D eigenvalue weighted by Gasteiger charge is -2.26. The minimum Gasteiger partial charge on any atom is -0.373 e. The summed E-state index contributed by atoms with van der Waals surface area (Å²) in [6.07, 6.45) is 7.32. The topological polar surface area (TPSA) is 54.8 Å². The zero-order valence-corrected chi connectivity index (χ0v) is 16.4. The number of hydrogen-bond acceptors (Lipinski definition) is 4. The van der Waals surface area contributed by atoms with Crippen molar-refractivity contribution >= 4 is 17.6 Å². The number of ether oxygens (including phenoxy) is 1. The number of nitriles is 1. The molecule has 140 valence electrons. The number of H-pyrrole nitrogens is 1. The van der Waals surface area contributed by atoms with Gasteiger partial charge in [0.1, 0.15) is 24.7 Å². The van der Waals surface area contributed by atoms with Crippen LogP contribution in [0.15, 0.2) is 5.03 Å². The number of aromatic nitrogens is 1. The first-order chi connectivity index (χ1) is 12.9. The van der Waals surface area contributed by atoms with Crippen molar-refractivity contribution in [1.82, 2.24) is 0 Å². The number of morpholine rings is 1. The molecule has 3 aliphatic rings. The Hall–Kier alpha value is -1.29. The number of hydrogen-bond donors (Lipinski definition) is 1. The summed E-state index contributed by atoms with van der Waals surface area (Å²) in [5.74, 6) is 2.35. The number of aromatic amines is 1. The maximum atomic E-state index is 9.86. The van der Waals surface area contributed by atoms with Gasteiger partial charge in [-0.2, -0.15) is 5.26 Å². The Kier molecular flexibility index (Phi) is 5.98. The molecule has 2 saturated heterocycles. The second-order valence-electron chi connectivity index (χ2n) is 7.61. The number of nitrogens with one attached hydrogen (secondary N) is 2. The molecule has 0 unspecified atom stereocenters. The predicted octanol–water partition coefficient (Wildman–Crippen LogP) is 0.859. The Bertz CT molecular complexity index is 675. The van der Waals surface area contributed by atoms with Gasteiger partial charge in [-0.15, -0.1) is 0 Å². The Morgan fingerprint density at radius 1 is 1.08 bits per heavy atom. The standard InChI is InChI=1S/C20H28N4OS/c21-15-18-16-5-1-2-6-17(16)19(24-9-12-25-13-10-24)22-20(18)26-14-11-23-7-3-4-8-23/h1-14H2/p+2. The molecule has 26 heavy (non-hydrogen) atoms. The van der Waals surface area contributed by atoms with Gasteiger partial charge in [0, 0.05) is 18.4 Å². The van der Waals surface area contributed by atoms with Crippen molar-refractivity contribution < 1.29 is 14.6 Å². The van der Waals surface area contributed by atoms with Gasteiger partial charge in [-0.3, -0.25) is 4.90 Å². The van der Waals surface area contributed by atoms with E-state index in [1.54, 1.807) is 4.90 Å². The van der Waals surface area contributed by atoms with Gasteiger partial charge < -0.3 is 9.64 Å². The van der Waals surface area contributed by atoms with Gasteiger partial charge in [-0.05, 0) is 31.2 Å². The Morgan fingerprint density at radius 3 is 2.54 bits per heavy atom. The van der Waals surface area contributed by atoms with Crippen molar-refractivity contribution in [3.63, 3.8) is 0 Å². The number of fused-ring (bicyclic) bond motifs is 1. The van der Waals surface area contributed by atoms with E-state index >= 15 is 0 Å². The fourth-order valence-electron chi connectivity index (χ4n) is 4.53. The van der Waals surface area contributed by atoms with Crippen LogP contribution >= 0.6 is 11.8 Å². The van der Waals surface area contributed by atoms with Gasteiger partial charge in [0.25, 0.3) is 5.82 Å². The summed E-state index contributed by atoms with van der Waals surface area (Å²) in [5, 5.41) is 11.0. The summed E-state index contributed by atoms with van der Waals surface area (Å²) in [4.78, 5) is 7.85. The van der Waals surface area contributed by atoms with E-state index in [4.69, 9.17) is 4.74 Å². The molecule has 1 aromatic rings. The minimum atomic E-state index is 0.795. The average molecular weight is 375 g/mol. The van der Waals surface area contributed by atoms with Crippen molar-refractivity contribution in [3.8, 4) is 6.07 Å². The second kappa shape index (κ2) is 8.60. The molecule has 3 heterocycles. The van der Waals surface area contributed by atoms with E-state index in [0.717, 1.165) is 55.5 Å². The molecule has 5 nitrogen and oxygen atoms in total. The van der Waals surface area contributed by atoms with Crippen LogP contribution in [0.1, 0.15) is 42.4 Å². The molecule has 0 atom stereocenters. The van der Waals surface area contributed by atoms with Crippen molar-refractivity contribution in [2.24, 2.45) is 0 Å². The molecule has 2 N–H and O–H groups in total. The lowest BCUT2D eigenvalue weighted by Crippen LogP contribution is -3.10. The summed E-state index contributed by atoms with van der Waals surface area (Å²) in [6, 6.07) is 2.53. The molecule has 6 heteroatoms. The van der Waals surface area contributed by atoms with Crippen LogP contribution in [0.4, 0.5) is 5.82 Å². The largest absolute Gasteiger partial charge is 0.373 e. The lowest BCUT2D eigenvalue weighted by molar-refractivity contribution is -0.884. The molecule has 0 spiro atoms. The van der Waals surface area contributed by atoms with Crippen LogP contribution in [-0.2, 0) is 17.6 Å². The molecular formula is C20H30N4OS+2. The van der Waals surface area contributed by atoms with Crippen molar-refractivity contribution in [2.75, 3.05) is 56.6 Å². The number of thioether (sulfide) groups is 1. The van der Waals surface area contributed by atoms with E-state index < -0.39 is 0 Å². The maximum absolute atomic E-state index is 9.86. The molecule has 1 aliphatic carbocycles. The quantitative estimate of drug-likeness (QED) is 0.777. The van der Waals surface area contributed by atoms with E-state index in [1.807, 2.05) is 11.8 Å². The molecule has 1 aromatic heterocycles. The zero-order chi connectivity index (χ0) is 17.8. The highest BCUT2D eigenvalue weighted by Gasteiger charge is 2.31. The van der Waals surface area contributed by atoms with Gasteiger partial charge in [-0.1, -0.05) is 11.8 Å². The molecule has 0 saturated carbocycles. The molecule has 2 fully saturated rings. The van der Waals surface area contributed by atoms with Crippen LogP contribution in [0.5, 0.6) is 0 Å². The first-order valence-electron chi connectivity index (χ1n) is 10.2. The molecule has 0 radical (unpaired) electrons. The van der Waals surface area contributed by atoms with E-state index in [-0.39, 0.29) is 0 Å². The molecule has 2 aliphatic heterocycles. The van der Waals surface area contributed by atoms with Gasteiger partial charge in [0.05, 0.1) is 38.6 Å². The summed E-state index contributed by atoms with van der Waals surface area (Å²) in [5.41, 5.74) is 3.62. The van der Waals surface area contributed by atoms with Gasteiger partial charge in [0.2, 0.25) is 0 Å². The minimum absolute atomic E-state index is 0.795. The van der Waals surface area contributed by atoms with Crippen molar-refractivity contribution in [1.29, 1.82) is 5.26 Å². The van der Waals surface area contributed by atoms with E-state index in [0.29, 0.717) is 0 Å². The highest BCUT2D eigenvalue weighted by Crippen LogP contribution is 2.33. The molecule has 0 bridgehead atoms. The Balaban J connectivity index is 1.59. The first kappa shape index (κ1) is 18.1. The highest BCUT2D eigenvalue weighted by molar-refractivity contribution is 7.99. The van der Waals surface area contributed by atoms with Gasteiger partial charge in [0.15, 0.2) is 5.03 Å². The van der Waals surface area contributed by atoms with Crippen LogP contribution in [0.2, 0.25) is 0 Å². The third kappa shape index (κ3) is 3.85. The number of likely N-dealkylation sites (tertiary alicyclic amines) is 1. The normalized spacial score (nSPS) is 20.8. The van der Waals surface area contributed by atoms with Crippen LogP contribution in [-0.4, -0.2) is 51.7 Å². The smallest absolute Gasteiger partial charge is 0.278 e. The summed E-state index contributed by atoms with van der Waals surface area (Å²) >= 11 is 1.85. The molecular weight excluding hydrogens is 344 g/mol. The highest BCUT2D eigenvalue weighted by atomic mass is 32.2. The van der Waals surface area contributed by atoms with Crippen LogP contribution in [0.3, 0.4) is 0 Å². The monoisotopic (exact) mass is 374 g/mol. The van der Waals surface area contributed by atoms with Crippen LogP contribution in [0, 0.1) is 11.3 Å². The summed E-state index contributed by atoms with van der Waals surface area (Å²) in [6.45, 7) is 7.31. The Morgan fingerprint density at radius 2 is 1.81 bits per heavy atom. The fourth-order valence-corrected chi connectivity index (χ4v) is 5.61. The van der Waals surface area contributed by atoms with Gasteiger partial charge >= 0.3 is 0 Å². The zero-order valence-electron chi connectivity index (χ0n) is 15.6. The van der Waals surface area contributed by atoms with Gasteiger partial charge in [-0.25, -0.2) is 4.98 Å². The molecule has 0 aromatic carbocycles. The molecule has 4 rings (SSSR count). The maximum Gasteiger partial charge on any atom is 0.278 e. The summed E-state index contributed by atoms with van der Waals surface area (Å²) in [7, 11) is 0. The number of pyridine rings is 1. The van der Waals surface area contributed by atoms with Crippen molar-refractivity contribution in [2.45, 2.75) is 43.6 Å². The third-order valence-electron chi connectivity index (χ3n) is 5.97. The van der Waals surface area contributed by atoms with E-state index in [1.165, 1.54) is 62.3 Å². The average Bonchev–Trinajstić information content (AvgIpc) is 3.21. The second-order valence-corrected chi connectivity index (χ2v) is 8.71. The SMILES string of the molecule is N#Cc1c(SCC[NH+]2CCCC2)[nH+]c(N2CCOCC2)c2c1CCCC2. The fraction of sp³-hybridized carbons (Fsp3) is 0.700. The lowest BCUT2D eigenvalue weighted by atomic mass is 9.89. The third-order valence-corrected chi connectivity index (χ3v) is 6.97. The number of anilines is 1. The predicted molar refractivity (Wildman–Crippen MR) is 103 cm³/mol. The molecule has 0 amide bonds. The van der Waals surface area contributed by atoms with Crippen LogP contribution < -0.4 is 14.8 Å². The number of nitrogens with zero attached hydrogens (tertiary/aromatic N) is 2. The number of quaternary nitrogens is 1. The number of rotatable bonds is 5. The first-order valence-corrected chi connectivity index (χ1v) is 11.2. The Labute approximate surface area is 160 Å².